The largest absolute Gasteiger partial charge is 0.497 e. The summed E-state index contributed by atoms with van der Waals surface area (Å²) >= 11 is 0. The van der Waals surface area contributed by atoms with E-state index in [1.54, 1.807) is 22.9 Å². The number of carbonyl (C=O) groups is 1. The van der Waals surface area contributed by atoms with Crippen LogP contribution in [0.2, 0.25) is 0 Å². The van der Waals surface area contributed by atoms with Crippen LogP contribution in [0.15, 0.2) is 48.5 Å². The minimum absolute atomic E-state index is 0.276. The number of nitrogens with zero attached hydrogens (tertiary/aromatic N) is 2. The molecule has 6 heteroatoms. The minimum Gasteiger partial charge on any atom is -0.497 e. The van der Waals surface area contributed by atoms with Gasteiger partial charge in [0.15, 0.2) is 0 Å². The second kappa shape index (κ2) is 8.03. The molecule has 0 bridgehead atoms. The zero-order chi connectivity index (χ0) is 19.4. The van der Waals surface area contributed by atoms with Gasteiger partial charge in [0.25, 0.3) is 5.91 Å². The Morgan fingerprint density at radius 3 is 2.70 bits per heavy atom. The summed E-state index contributed by atoms with van der Waals surface area (Å²) in [6, 6.07) is 13.8. The number of aromatic nitrogens is 2. The molecule has 2 aromatic carbocycles. The molecule has 5 nitrogen and oxygen atoms in total. The van der Waals surface area contributed by atoms with E-state index in [2.05, 4.69) is 10.4 Å². The standard InChI is InChI=1S/C21H22FN3O2/c1-4-10-25-20(21(26)23-15-7-5-6-14(2)11-15)13-19(24-25)17-9-8-16(27-3)12-18(17)22/h5-9,11-13H,4,10H2,1-3H3,(H,23,26). The lowest BCUT2D eigenvalue weighted by atomic mass is 10.1. The predicted molar refractivity (Wildman–Crippen MR) is 104 cm³/mol. The Bertz CT molecular complexity index is 966. The molecule has 3 aromatic rings. The molecule has 0 aliphatic heterocycles. The van der Waals surface area contributed by atoms with Crippen LogP contribution in [0.25, 0.3) is 11.3 Å². The molecule has 0 unspecified atom stereocenters. The van der Waals surface area contributed by atoms with Gasteiger partial charge < -0.3 is 10.1 Å². The van der Waals surface area contributed by atoms with Crippen molar-refractivity contribution in [3.63, 3.8) is 0 Å². The van der Waals surface area contributed by atoms with Gasteiger partial charge in [-0.3, -0.25) is 9.48 Å². The fourth-order valence-corrected chi connectivity index (χ4v) is 2.86. The number of anilines is 1. The average molecular weight is 367 g/mol. The van der Waals surface area contributed by atoms with Crippen molar-refractivity contribution in [1.82, 2.24) is 9.78 Å². The Kier molecular flexibility index (Phi) is 5.54. The van der Waals surface area contributed by atoms with Gasteiger partial charge in [0.05, 0.1) is 12.8 Å². The average Bonchev–Trinajstić information content (AvgIpc) is 3.05. The lowest BCUT2D eigenvalue weighted by Crippen LogP contribution is -2.17. The van der Waals surface area contributed by atoms with Crippen molar-refractivity contribution in [3.05, 3.63) is 65.6 Å². The maximum atomic E-state index is 14.4. The van der Waals surface area contributed by atoms with Gasteiger partial charge in [0, 0.05) is 23.9 Å². The van der Waals surface area contributed by atoms with E-state index >= 15 is 0 Å². The molecular weight excluding hydrogens is 345 g/mol. The number of hydrogen-bond donors (Lipinski definition) is 1. The van der Waals surface area contributed by atoms with Crippen molar-refractivity contribution in [2.75, 3.05) is 12.4 Å². The Morgan fingerprint density at radius 1 is 1.22 bits per heavy atom. The van der Waals surface area contributed by atoms with Gasteiger partial charge in [-0.2, -0.15) is 5.10 Å². The number of halogens is 1. The molecule has 0 saturated carbocycles. The van der Waals surface area contributed by atoms with Crippen LogP contribution in [0.3, 0.4) is 0 Å². The number of hydrogen-bond acceptors (Lipinski definition) is 3. The molecule has 0 aliphatic carbocycles. The highest BCUT2D eigenvalue weighted by atomic mass is 19.1. The predicted octanol–water partition coefficient (Wildman–Crippen LogP) is 4.67. The van der Waals surface area contributed by atoms with E-state index in [0.29, 0.717) is 34.9 Å². The molecule has 3 rings (SSSR count). The summed E-state index contributed by atoms with van der Waals surface area (Å²) in [5.74, 6) is -0.287. The van der Waals surface area contributed by atoms with Gasteiger partial charge in [0.2, 0.25) is 0 Å². The van der Waals surface area contributed by atoms with E-state index in [1.165, 1.54) is 13.2 Å². The van der Waals surface area contributed by atoms with Gasteiger partial charge in [-0.15, -0.1) is 0 Å². The number of benzene rings is 2. The molecule has 1 heterocycles. The van der Waals surface area contributed by atoms with E-state index < -0.39 is 5.82 Å². The highest BCUT2D eigenvalue weighted by molar-refractivity contribution is 6.03. The first kappa shape index (κ1) is 18.6. The third kappa shape index (κ3) is 4.16. The summed E-state index contributed by atoms with van der Waals surface area (Å²) in [4.78, 5) is 12.8. The number of nitrogens with one attached hydrogen (secondary N) is 1. The maximum Gasteiger partial charge on any atom is 0.273 e. The van der Waals surface area contributed by atoms with Crippen LogP contribution in [0.4, 0.5) is 10.1 Å². The second-order valence-corrected chi connectivity index (χ2v) is 6.31. The van der Waals surface area contributed by atoms with E-state index in [-0.39, 0.29) is 5.91 Å². The normalized spacial score (nSPS) is 10.7. The van der Waals surface area contributed by atoms with Crippen molar-refractivity contribution in [2.24, 2.45) is 0 Å². The summed E-state index contributed by atoms with van der Waals surface area (Å²) in [7, 11) is 1.48. The summed E-state index contributed by atoms with van der Waals surface area (Å²) < 4.78 is 21.1. The number of ether oxygens (including phenoxy) is 1. The van der Waals surface area contributed by atoms with Crippen LogP contribution in [0, 0.1) is 12.7 Å². The lowest BCUT2D eigenvalue weighted by molar-refractivity contribution is 0.101. The first-order valence-corrected chi connectivity index (χ1v) is 8.81. The van der Waals surface area contributed by atoms with Crippen molar-refractivity contribution in [2.45, 2.75) is 26.8 Å². The summed E-state index contributed by atoms with van der Waals surface area (Å²) in [5, 5.41) is 7.32. The first-order valence-electron chi connectivity index (χ1n) is 8.81. The highest BCUT2D eigenvalue weighted by Crippen LogP contribution is 2.26. The molecule has 27 heavy (non-hydrogen) atoms. The number of amides is 1. The second-order valence-electron chi connectivity index (χ2n) is 6.31. The van der Waals surface area contributed by atoms with E-state index in [0.717, 1.165) is 12.0 Å². The fraction of sp³-hybridized carbons (Fsp3) is 0.238. The minimum atomic E-state index is -0.443. The molecule has 0 saturated heterocycles. The van der Waals surface area contributed by atoms with Crippen molar-refractivity contribution in [3.8, 4) is 17.0 Å². The van der Waals surface area contributed by atoms with Crippen LogP contribution in [0.1, 0.15) is 29.4 Å². The summed E-state index contributed by atoms with van der Waals surface area (Å²) in [5.41, 5.74) is 2.90. The third-order valence-electron chi connectivity index (χ3n) is 4.18. The molecule has 0 radical (unpaired) electrons. The molecule has 1 N–H and O–H groups in total. The lowest BCUT2D eigenvalue weighted by Gasteiger charge is -2.08. The van der Waals surface area contributed by atoms with Crippen LogP contribution in [-0.2, 0) is 6.54 Å². The summed E-state index contributed by atoms with van der Waals surface area (Å²) in [6.07, 6.45) is 0.803. The number of rotatable bonds is 6. The monoisotopic (exact) mass is 367 g/mol. The third-order valence-corrected chi connectivity index (χ3v) is 4.18. The van der Waals surface area contributed by atoms with Gasteiger partial charge >= 0.3 is 0 Å². The molecule has 1 aromatic heterocycles. The molecule has 0 spiro atoms. The zero-order valence-corrected chi connectivity index (χ0v) is 15.6. The Balaban J connectivity index is 1.94. The number of aryl methyl sites for hydroxylation is 2. The van der Waals surface area contributed by atoms with E-state index in [4.69, 9.17) is 4.74 Å². The van der Waals surface area contributed by atoms with E-state index in [1.807, 2.05) is 38.1 Å². The quantitative estimate of drug-likeness (QED) is 0.689. The van der Waals surface area contributed by atoms with Gasteiger partial charge in [0.1, 0.15) is 17.3 Å². The van der Waals surface area contributed by atoms with Gasteiger partial charge in [-0.25, -0.2) is 4.39 Å². The van der Waals surface area contributed by atoms with Gasteiger partial charge in [-0.05, 0) is 49.2 Å². The first-order chi connectivity index (χ1) is 13.0. The Labute approximate surface area is 157 Å². The molecule has 0 fully saturated rings. The Morgan fingerprint density at radius 2 is 2.04 bits per heavy atom. The van der Waals surface area contributed by atoms with Gasteiger partial charge in [-0.1, -0.05) is 19.1 Å². The molecular formula is C21H22FN3O2. The molecule has 0 aliphatic rings. The molecule has 0 atom stereocenters. The smallest absolute Gasteiger partial charge is 0.273 e. The van der Waals surface area contributed by atoms with Crippen molar-refractivity contribution in [1.29, 1.82) is 0 Å². The van der Waals surface area contributed by atoms with Crippen LogP contribution in [-0.4, -0.2) is 22.8 Å². The van der Waals surface area contributed by atoms with E-state index in [9.17, 15) is 9.18 Å². The van der Waals surface area contributed by atoms with Crippen LogP contribution < -0.4 is 10.1 Å². The van der Waals surface area contributed by atoms with Crippen LogP contribution >= 0.6 is 0 Å². The topological polar surface area (TPSA) is 56.2 Å². The maximum absolute atomic E-state index is 14.4. The fourth-order valence-electron chi connectivity index (χ4n) is 2.86. The highest BCUT2D eigenvalue weighted by Gasteiger charge is 2.18. The van der Waals surface area contributed by atoms with Crippen molar-refractivity contribution >= 4 is 11.6 Å². The molecule has 140 valence electrons. The Hall–Kier alpha value is -3.15. The van der Waals surface area contributed by atoms with Crippen molar-refractivity contribution < 1.29 is 13.9 Å². The SMILES string of the molecule is CCCn1nc(-c2ccc(OC)cc2F)cc1C(=O)Nc1cccc(C)c1. The number of methoxy groups -OCH3 is 1. The number of carbonyl (C=O) groups excluding carboxylic acids is 1. The zero-order valence-electron chi connectivity index (χ0n) is 15.6. The van der Waals surface area contributed by atoms with Crippen LogP contribution in [0.5, 0.6) is 5.75 Å². The summed E-state index contributed by atoms with van der Waals surface area (Å²) in [6.45, 7) is 4.52. The molecule has 1 amide bonds.